The van der Waals surface area contributed by atoms with Gasteiger partial charge in [0.25, 0.3) is 0 Å². The summed E-state index contributed by atoms with van der Waals surface area (Å²) in [5.41, 5.74) is 0.162. The molecule has 10 heavy (non-hydrogen) atoms. The highest BCUT2D eigenvalue weighted by Gasteiger charge is 2.37. The largest absolute Gasteiger partial charge is 0.376 e. The van der Waals surface area contributed by atoms with Crippen molar-refractivity contribution < 1.29 is 4.74 Å². The standard InChI is InChI=1S/C8H17NO/c1-4-5-9-6-8(2,7-9)10-3/h4-7H2,1-3H3. The molecule has 0 radical (unpaired) electrons. The van der Waals surface area contributed by atoms with Crippen LogP contribution in [0, 0.1) is 0 Å². The topological polar surface area (TPSA) is 12.5 Å². The van der Waals surface area contributed by atoms with Gasteiger partial charge >= 0.3 is 0 Å². The van der Waals surface area contributed by atoms with Crippen molar-refractivity contribution in [3.05, 3.63) is 0 Å². The second-order valence-corrected chi connectivity index (χ2v) is 3.36. The van der Waals surface area contributed by atoms with Crippen LogP contribution in [0.1, 0.15) is 20.3 Å². The lowest BCUT2D eigenvalue weighted by Crippen LogP contribution is -2.60. The molecule has 2 heteroatoms. The molecule has 2 nitrogen and oxygen atoms in total. The summed E-state index contributed by atoms with van der Waals surface area (Å²) in [7, 11) is 1.79. The first-order chi connectivity index (χ1) is 4.70. The second kappa shape index (κ2) is 2.89. The first-order valence-electron chi connectivity index (χ1n) is 3.98. The Morgan fingerprint density at radius 1 is 1.50 bits per heavy atom. The second-order valence-electron chi connectivity index (χ2n) is 3.36. The summed E-state index contributed by atoms with van der Waals surface area (Å²) in [5, 5.41) is 0. The fourth-order valence-corrected chi connectivity index (χ4v) is 1.50. The number of ether oxygens (including phenoxy) is 1. The Labute approximate surface area is 63.2 Å². The molecule has 0 saturated carbocycles. The van der Waals surface area contributed by atoms with E-state index in [-0.39, 0.29) is 5.60 Å². The Bertz CT molecular complexity index is 108. The van der Waals surface area contributed by atoms with Crippen LogP contribution in [-0.2, 0) is 4.74 Å². The van der Waals surface area contributed by atoms with Gasteiger partial charge in [0.1, 0.15) is 0 Å². The summed E-state index contributed by atoms with van der Waals surface area (Å²) in [6, 6.07) is 0. The predicted molar refractivity (Wildman–Crippen MR) is 42.1 cm³/mol. The summed E-state index contributed by atoms with van der Waals surface area (Å²) in [6.07, 6.45) is 1.25. The quantitative estimate of drug-likeness (QED) is 0.587. The first-order valence-corrected chi connectivity index (χ1v) is 3.98. The molecule has 0 aromatic heterocycles. The molecule has 0 aromatic carbocycles. The number of hydrogen-bond acceptors (Lipinski definition) is 2. The molecule has 0 aliphatic carbocycles. The molecule has 1 aliphatic heterocycles. The minimum atomic E-state index is 0.162. The zero-order valence-corrected chi connectivity index (χ0v) is 7.18. The van der Waals surface area contributed by atoms with Crippen LogP contribution in [0.5, 0.6) is 0 Å². The van der Waals surface area contributed by atoms with Gasteiger partial charge in [-0.2, -0.15) is 0 Å². The van der Waals surface area contributed by atoms with Gasteiger partial charge in [0.15, 0.2) is 0 Å². The molecule has 0 unspecified atom stereocenters. The van der Waals surface area contributed by atoms with Crippen molar-refractivity contribution in [2.75, 3.05) is 26.7 Å². The maximum Gasteiger partial charge on any atom is 0.0903 e. The van der Waals surface area contributed by atoms with Crippen LogP contribution in [0.15, 0.2) is 0 Å². The summed E-state index contributed by atoms with van der Waals surface area (Å²) < 4.78 is 5.31. The highest BCUT2D eigenvalue weighted by atomic mass is 16.5. The monoisotopic (exact) mass is 143 g/mol. The number of rotatable bonds is 3. The van der Waals surface area contributed by atoms with Crippen molar-refractivity contribution >= 4 is 0 Å². The number of nitrogens with zero attached hydrogens (tertiary/aromatic N) is 1. The summed E-state index contributed by atoms with van der Waals surface area (Å²) >= 11 is 0. The summed E-state index contributed by atoms with van der Waals surface area (Å²) in [6.45, 7) is 7.81. The van der Waals surface area contributed by atoms with E-state index in [0.29, 0.717) is 0 Å². The third kappa shape index (κ3) is 1.50. The average Bonchev–Trinajstić information content (AvgIpc) is 1.85. The van der Waals surface area contributed by atoms with Crippen LogP contribution >= 0.6 is 0 Å². The van der Waals surface area contributed by atoms with Gasteiger partial charge in [-0.3, -0.25) is 4.90 Å². The van der Waals surface area contributed by atoms with E-state index in [1.165, 1.54) is 13.0 Å². The van der Waals surface area contributed by atoms with Crippen LogP contribution in [0.2, 0.25) is 0 Å². The van der Waals surface area contributed by atoms with Crippen molar-refractivity contribution in [2.45, 2.75) is 25.9 Å². The Kier molecular flexibility index (Phi) is 2.32. The average molecular weight is 143 g/mol. The van der Waals surface area contributed by atoms with Gasteiger partial charge in [-0.15, -0.1) is 0 Å². The third-order valence-electron chi connectivity index (χ3n) is 2.15. The van der Waals surface area contributed by atoms with Gasteiger partial charge in [-0.25, -0.2) is 0 Å². The van der Waals surface area contributed by atoms with Crippen molar-refractivity contribution in [3.8, 4) is 0 Å². The third-order valence-corrected chi connectivity index (χ3v) is 2.15. The van der Waals surface area contributed by atoms with Crippen molar-refractivity contribution in [2.24, 2.45) is 0 Å². The number of likely N-dealkylation sites (tertiary alicyclic amines) is 1. The molecule has 1 saturated heterocycles. The SMILES string of the molecule is CCCN1CC(C)(OC)C1. The Hall–Kier alpha value is -0.0800. The first kappa shape index (κ1) is 8.02. The van der Waals surface area contributed by atoms with Gasteiger partial charge in [-0.1, -0.05) is 6.92 Å². The number of methoxy groups -OCH3 is 1. The van der Waals surface area contributed by atoms with Crippen LogP contribution in [0.25, 0.3) is 0 Å². The van der Waals surface area contributed by atoms with Crippen LogP contribution in [0.3, 0.4) is 0 Å². The van der Waals surface area contributed by atoms with E-state index in [0.717, 1.165) is 13.1 Å². The normalized spacial score (nSPS) is 24.3. The molecular formula is C8H17NO. The fraction of sp³-hybridized carbons (Fsp3) is 1.00. The molecule has 1 aliphatic rings. The maximum absolute atomic E-state index is 5.31. The minimum absolute atomic E-state index is 0.162. The fourth-order valence-electron chi connectivity index (χ4n) is 1.50. The molecule has 0 spiro atoms. The molecular weight excluding hydrogens is 126 g/mol. The molecule has 0 N–H and O–H groups in total. The molecule has 1 fully saturated rings. The minimum Gasteiger partial charge on any atom is -0.376 e. The van der Waals surface area contributed by atoms with Crippen molar-refractivity contribution in [1.29, 1.82) is 0 Å². The molecule has 0 amide bonds. The van der Waals surface area contributed by atoms with E-state index in [1.54, 1.807) is 7.11 Å². The van der Waals surface area contributed by atoms with Gasteiger partial charge in [0.05, 0.1) is 5.60 Å². The molecule has 60 valence electrons. The van der Waals surface area contributed by atoms with Crippen LogP contribution in [0.4, 0.5) is 0 Å². The molecule has 1 rings (SSSR count). The summed E-state index contributed by atoms with van der Waals surface area (Å²) in [5.74, 6) is 0. The lowest BCUT2D eigenvalue weighted by atomic mass is 9.96. The number of hydrogen-bond donors (Lipinski definition) is 0. The Balaban J connectivity index is 2.16. The van der Waals surface area contributed by atoms with E-state index in [4.69, 9.17) is 4.74 Å². The van der Waals surface area contributed by atoms with E-state index in [2.05, 4.69) is 18.7 Å². The highest BCUT2D eigenvalue weighted by molar-refractivity contribution is 4.92. The van der Waals surface area contributed by atoms with Crippen LogP contribution < -0.4 is 0 Å². The van der Waals surface area contributed by atoms with Gasteiger partial charge in [-0.05, 0) is 19.9 Å². The van der Waals surface area contributed by atoms with Crippen LogP contribution in [-0.4, -0.2) is 37.2 Å². The van der Waals surface area contributed by atoms with Gasteiger partial charge in [0, 0.05) is 20.2 Å². The maximum atomic E-state index is 5.31. The molecule has 1 heterocycles. The van der Waals surface area contributed by atoms with Crippen molar-refractivity contribution in [1.82, 2.24) is 4.90 Å². The van der Waals surface area contributed by atoms with E-state index >= 15 is 0 Å². The highest BCUT2D eigenvalue weighted by Crippen LogP contribution is 2.23. The van der Waals surface area contributed by atoms with Gasteiger partial charge in [0.2, 0.25) is 0 Å². The predicted octanol–water partition coefficient (Wildman–Crippen LogP) is 1.12. The lowest BCUT2D eigenvalue weighted by molar-refractivity contribution is -0.110. The molecule has 0 aromatic rings. The van der Waals surface area contributed by atoms with E-state index in [1.807, 2.05) is 0 Å². The Morgan fingerprint density at radius 2 is 2.10 bits per heavy atom. The lowest BCUT2D eigenvalue weighted by Gasteiger charge is -2.46. The molecule has 0 atom stereocenters. The smallest absolute Gasteiger partial charge is 0.0903 e. The molecule has 0 bridgehead atoms. The van der Waals surface area contributed by atoms with Gasteiger partial charge < -0.3 is 4.74 Å². The van der Waals surface area contributed by atoms with E-state index < -0.39 is 0 Å². The zero-order chi connectivity index (χ0) is 7.61. The zero-order valence-electron chi connectivity index (χ0n) is 7.18. The summed E-state index contributed by atoms with van der Waals surface area (Å²) in [4.78, 5) is 2.42. The van der Waals surface area contributed by atoms with E-state index in [9.17, 15) is 0 Å². The Morgan fingerprint density at radius 3 is 2.50 bits per heavy atom. The van der Waals surface area contributed by atoms with Crippen molar-refractivity contribution in [3.63, 3.8) is 0 Å².